The second-order valence-corrected chi connectivity index (χ2v) is 6.78. The van der Waals surface area contributed by atoms with Crippen LogP contribution < -0.4 is 5.32 Å². The highest BCUT2D eigenvalue weighted by atomic mass is 79.9. The molecule has 0 spiro atoms. The maximum atomic E-state index is 12.6. The molecule has 0 saturated heterocycles. The van der Waals surface area contributed by atoms with Crippen LogP contribution >= 0.6 is 15.9 Å². The number of aliphatic carboxylic acids is 1. The number of aryl methyl sites for hydroxylation is 2. The minimum atomic E-state index is -0.860. The first-order chi connectivity index (χ1) is 9.83. The van der Waals surface area contributed by atoms with Crippen LogP contribution in [0.1, 0.15) is 53.6 Å². The summed E-state index contributed by atoms with van der Waals surface area (Å²) in [5.41, 5.74) is 1.90. The Morgan fingerprint density at radius 3 is 2.43 bits per heavy atom. The molecule has 2 N–H and O–H groups in total. The highest BCUT2D eigenvalue weighted by Gasteiger charge is 2.37. The van der Waals surface area contributed by atoms with E-state index in [-0.39, 0.29) is 12.3 Å². The molecule has 21 heavy (non-hydrogen) atoms. The Hall–Kier alpha value is -1.36. The molecule has 1 aromatic carbocycles. The Morgan fingerprint density at radius 2 is 1.86 bits per heavy atom. The summed E-state index contributed by atoms with van der Waals surface area (Å²) in [6.07, 6.45) is 3.39. The lowest BCUT2D eigenvalue weighted by Crippen LogP contribution is -2.48. The highest BCUT2D eigenvalue weighted by molar-refractivity contribution is 9.10. The zero-order valence-electron chi connectivity index (χ0n) is 12.3. The van der Waals surface area contributed by atoms with Crippen LogP contribution in [0.15, 0.2) is 16.6 Å². The number of hydrogen-bond donors (Lipinski definition) is 2. The van der Waals surface area contributed by atoms with E-state index in [0.29, 0.717) is 5.56 Å². The molecule has 0 aromatic heterocycles. The van der Waals surface area contributed by atoms with Gasteiger partial charge >= 0.3 is 5.97 Å². The van der Waals surface area contributed by atoms with E-state index in [9.17, 15) is 9.59 Å². The van der Waals surface area contributed by atoms with Crippen LogP contribution in [-0.4, -0.2) is 22.5 Å². The van der Waals surface area contributed by atoms with Gasteiger partial charge in [-0.3, -0.25) is 9.59 Å². The number of carboxylic acid groups (broad SMARTS) is 1. The van der Waals surface area contributed by atoms with E-state index in [2.05, 4.69) is 21.2 Å². The molecule has 1 amide bonds. The zero-order chi connectivity index (χ0) is 15.6. The number of carboxylic acids is 1. The van der Waals surface area contributed by atoms with Gasteiger partial charge in [0.15, 0.2) is 0 Å². The lowest BCUT2D eigenvalue weighted by Gasteiger charge is -2.29. The summed E-state index contributed by atoms with van der Waals surface area (Å²) in [5.74, 6) is -1.04. The third-order valence-electron chi connectivity index (χ3n) is 4.18. The van der Waals surface area contributed by atoms with Gasteiger partial charge in [-0.05, 0) is 49.9 Å². The summed E-state index contributed by atoms with van der Waals surface area (Å²) in [6, 6.07) is 3.76. The molecule has 1 aliphatic carbocycles. The van der Waals surface area contributed by atoms with Crippen LogP contribution in [0.2, 0.25) is 0 Å². The summed E-state index contributed by atoms with van der Waals surface area (Å²) < 4.78 is 0.970. The van der Waals surface area contributed by atoms with E-state index in [1.165, 1.54) is 0 Å². The number of carbonyl (C=O) groups excluding carboxylic acids is 1. The van der Waals surface area contributed by atoms with E-state index >= 15 is 0 Å². The summed E-state index contributed by atoms with van der Waals surface area (Å²) in [5, 5.41) is 12.1. The smallest absolute Gasteiger partial charge is 0.305 e. The fourth-order valence-corrected chi connectivity index (χ4v) is 3.48. The molecule has 1 aliphatic rings. The molecule has 0 heterocycles. The van der Waals surface area contributed by atoms with E-state index in [1.807, 2.05) is 26.0 Å². The van der Waals surface area contributed by atoms with Crippen LogP contribution in [0.4, 0.5) is 0 Å². The molecule has 1 saturated carbocycles. The van der Waals surface area contributed by atoms with Crippen LogP contribution in [0, 0.1) is 13.8 Å². The second kappa shape index (κ2) is 6.18. The average molecular weight is 354 g/mol. The molecular weight excluding hydrogens is 334 g/mol. The topological polar surface area (TPSA) is 66.4 Å². The van der Waals surface area contributed by atoms with E-state index in [4.69, 9.17) is 5.11 Å². The molecule has 2 rings (SSSR count). The van der Waals surface area contributed by atoms with Crippen LogP contribution in [0.3, 0.4) is 0 Å². The number of rotatable bonds is 4. The fraction of sp³-hybridized carbons (Fsp3) is 0.500. The van der Waals surface area contributed by atoms with Gasteiger partial charge < -0.3 is 10.4 Å². The van der Waals surface area contributed by atoms with Crippen molar-refractivity contribution in [3.8, 4) is 0 Å². The van der Waals surface area contributed by atoms with Crippen LogP contribution in [0.25, 0.3) is 0 Å². The summed E-state index contributed by atoms with van der Waals surface area (Å²) in [4.78, 5) is 23.6. The van der Waals surface area contributed by atoms with Gasteiger partial charge in [0.2, 0.25) is 0 Å². The third-order valence-corrected chi connectivity index (χ3v) is 5.03. The van der Waals surface area contributed by atoms with Crippen molar-refractivity contribution in [2.45, 2.75) is 51.5 Å². The minimum Gasteiger partial charge on any atom is -0.481 e. The normalized spacial score (nSPS) is 16.7. The Morgan fingerprint density at radius 1 is 1.24 bits per heavy atom. The molecule has 1 aromatic rings. The number of amides is 1. The van der Waals surface area contributed by atoms with Gasteiger partial charge in [0.05, 0.1) is 12.0 Å². The van der Waals surface area contributed by atoms with E-state index < -0.39 is 11.5 Å². The van der Waals surface area contributed by atoms with Crippen molar-refractivity contribution in [3.05, 3.63) is 33.3 Å². The van der Waals surface area contributed by atoms with Crippen LogP contribution in [0.5, 0.6) is 0 Å². The van der Waals surface area contributed by atoms with Crippen molar-refractivity contribution in [2.24, 2.45) is 0 Å². The molecule has 1 fully saturated rings. The zero-order valence-corrected chi connectivity index (χ0v) is 13.9. The number of carbonyl (C=O) groups is 2. The average Bonchev–Trinajstić information content (AvgIpc) is 2.80. The number of nitrogens with one attached hydrogen (secondary N) is 1. The van der Waals surface area contributed by atoms with Gasteiger partial charge in [0.1, 0.15) is 0 Å². The van der Waals surface area contributed by atoms with Crippen molar-refractivity contribution in [1.29, 1.82) is 0 Å². The second-order valence-electron chi connectivity index (χ2n) is 5.93. The largest absolute Gasteiger partial charge is 0.481 e. The first kappa shape index (κ1) is 16.0. The molecule has 0 unspecified atom stereocenters. The third kappa shape index (κ3) is 3.64. The molecule has 4 nitrogen and oxygen atoms in total. The molecule has 0 radical (unpaired) electrons. The standard InChI is InChI=1S/C16H20BrNO3/c1-10-8-13(17)11(2)7-12(10)15(21)18-16(9-14(19)20)5-3-4-6-16/h7-8H,3-6,9H2,1-2H3,(H,18,21)(H,19,20). The van der Waals surface area contributed by atoms with Gasteiger partial charge in [-0.15, -0.1) is 0 Å². The Kier molecular flexibility index (Phi) is 4.71. The molecular formula is C16H20BrNO3. The van der Waals surface area contributed by atoms with Crippen LogP contribution in [-0.2, 0) is 4.79 Å². The molecule has 114 valence electrons. The maximum absolute atomic E-state index is 12.6. The Balaban J connectivity index is 2.24. The van der Waals surface area contributed by atoms with Gasteiger partial charge in [-0.2, -0.15) is 0 Å². The van der Waals surface area contributed by atoms with Gasteiger partial charge in [-0.1, -0.05) is 28.8 Å². The number of benzene rings is 1. The molecule has 0 bridgehead atoms. The highest BCUT2D eigenvalue weighted by Crippen LogP contribution is 2.33. The summed E-state index contributed by atoms with van der Waals surface area (Å²) in [6.45, 7) is 3.82. The lowest BCUT2D eigenvalue weighted by molar-refractivity contribution is -0.138. The van der Waals surface area contributed by atoms with Gasteiger partial charge in [0.25, 0.3) is 5.91 Å². The minimum absolute atomic E-state index is 0.00665. The van der Waals surface area contributed by atoms with Crippen molar-refractivity contribution in [1.82, 2.24) is 5.32 Å². The number of halogens is 1. The summed E-state index contributed by atoms with van der Waals surface area (Å²) in [7, 11) is 0. The molecule has 5 heteroatoms. The lowest BCUT2D eigenvalue weighted by atomic mass is 9.92. The van der Waals surface area contributed by atoms with E-state index in [0.717, 1.165) is 41.3 Å². The SMILES string of the molecule is Cc1cc(C(=O)NC2(CC(=O)O)CCCC2)c(C)cc1Br. The number of hydrogen-bond acceptors (Lipinski definition) is 2. The molecule has 0 atom stereocenters. The Bertz CT molecular complexity index is 577. The van der Waals surface area contributed by atoms with Gasteiger partial charge in [-0.25, -0.2) is 0 Å². The van der Waals surface area contributed by atoms with Crippen molar-refractivity contribution in [2.75, 3.05) is 0 Å². The van der Waals surface area contributed by atoms with Gasteiger partial charge in [0, 0.05) is 10.0 Å². The van der Waals surface area contributed by atoms with Crippen molar-refractivity contribution in [3.63, 3.8) is 0 Å². The first-order valence-electron chi connectivity index (χ1n) is 7.14. The van der Waals surface area contributed by atoms with E-state index in [1.54, 1.807) is 0 Å². The predicted molar refractivity (Wildman–Crippen MR) is 84.5 cm³/mol. The molecule has 0 aliphatic heterocycles. The monoisotopic (exact) mass is 353 g/mol. The Labute approximate surface area is 133 Å². The van der Waals surface area contributed by atoms with Crippen molar-refractivity contribution < 1.29 is 14.7 Å². The summed E-state index contributed by atoms with van der Waals surface area (Å²) >= 11 is 3.45. The predicted octanol–water partition coefficient (Wildman–Crippen LogP) is 3.58. The maximum Gasteiger partial charge on any atom is 0.305 e. The fourth-order valence-electron chi connectivity index (χ4n) is 3.02. The quantitative estimate of drug-likeness (QED) is 0.869. The van der Waals surface area contributed by atoms with Crippen molar-refractivity contribution >= 4 is 27.8 Å². The first-order valence-corrected chi connectivity index (χ1v) is 7.93.